The highest BCUT2D eigenvalue weighted by atomic mass is 16.5. The predicted molar refractivity (Wildman–Crippen MR) is 57.2 cm³/mol. The molecule has 1 aliphatic rings. The number of aliphatic hydroxyl groups is 1. The van der Waals surface area contributed by atoms with E-state index in [2.05, 4.69) is 4.98 Å². The Morgan fingerprint density at radius 3 is 3.20 bits per heavy atom. The monoisotopic (exact) mass is 208 g/mol. The van der Waals surface area contributed by atoms with Crippen molar-refractivity contribution in [1.29, 1.82) is 0 Å². The Bertz CT molecular complexity index is 324. The number of nitrogen functional groups attached to an aromatic ring is 1. The van der Waals surface area contributed by atoms with Crippen LogP contribution in [0.15, 0.2) is 18.3 Å². The maximum atomic E-state index is 9.96. The number of pyridine rings is 1. The van der Waals surface area contributed by atoms with Crippen LogP contribution in [0.2, 0.25) is 0 Å². The molecule has 15 heavy (non-hydrogen) atoms. The molecule has 0 bridgehead atoms. The zero-order valence-electron chi connectivity index (χ0n) is 8.60. The van der Waals surface area contributed by atoms with Crippen molar-refractivity contribution in [2.24, 2.45) is 0 Å². The third-order valence-electron chi connectivity index (χ3n) is 2.74. The number of nitrogens with two attached hydrogens (primary N) is 1. The first kappa shape index (κ1) is 10.4. The normalized spacial score (nSPS) is 22.9. The molecular weight excluding hydrogens is 192 g/mol. The zero-order chi connectivity index (χ0) is 10.7. The first-order valence-electron chi connectivity index (χ1n) is 5.27. The van der Waals surface area contributed by atoms with Crippen LogP contribution in [0, 0.1) is 0 Å². The molecule has 82 valence electrons. The van der Waals surface area contributed by atoms with Gasteiger partial charge in [-0.15, -0.1) is 0 Å². The fourth-order valence-electron chi connectivity index (χ4n) is 1.92. The second-order valence-electron chi connectivity index (χ2n) is 3.86. The van der Waals surface area contributed by atoms with Gasteiger partial charge >= 0.3 is 0 Å². The topological polar surface area (TPSA) is 68.4 Å². The van der Waals surface area contributed by atoms with Crippen molar-refractivity contribution in [3.05, 3.63) is 23.9 Å². The quantitative estimate of drug-likeness (QED) is 0.784. The Hall–Kier alpha value is -1.13. The van der Waals surface area contributed by atoms with Crippen LogP contribution in [-0.2, 0) is 4.74 Å². The molecule has 2 heterocycles. The Balaban J connectivity index is 2.00. The van der Waals surface area contributed by atoms with E-state index >= 15 is 0 Å². The van der Waals surface area contributed by atoms with Gasteiger partial charge in [-0.2, -0.15) is 0 Å². The Labute approximate surface area is 89.1 Å². The van der Waals surface area contributed by atoms with Crippen molar-refractivity contribution in [2.45, 2.75) is 31.5 Å². The molecule has 1 saturated heterocycles. The lowest BCUT2D eigenvalue weighted by Gasteiger charge is -2.16. The van der Waals surface area contributed by atoms with Crippen molar-refractivity contribution in [3.8, 4) is 0 Å². The van der Waals surface area contributed by atoms with E-state index in [1.807, 2.05) is 6.07 Å². The molecule has 1 fully saturated rings. The lowest BCUT2D eigenvalue weighted by Crippen LogP contribution is -2.12. The number of aromatic nitrogens is 1. The molecule has 1 aromatic rings. The predicted octanol–water partition coefficient (Wildman–Crippen LogP) is 1.27. The highest BCUT2D eigenvalue weighted by molar-refractivity contribution is 5.39. The maximum Gasteiger partial charge on any atom is 0.129 e. The van der Waals surface area contributed by atoms with Crippen molar-refractivity contribution in [2.75, 3.05) is 12.3 Å². The molecule has 4 heteroatoms. The van der Waals surface area contributed by atoms with E-state index < -0.39 is 6.10 Å². The van der Waals surface area contributed by atoms with E-state index in [4.69, 9.17) is 10.5 Å². The van der Waals surface area contributed by atoms with Gasteiger partial charge in [-0.1, -0.05) is 6.07 Å². The summed E-state index contributed by atoms with van der Waals surface area (Å²) in [5.74, 6) is 0.406. The van der Waals surface area contributed by atoms with Gasteiger partial charge in [0.15, 0.2) is 0 Å². The van der Waals surface area contributed by atoms with E-state index in [0.29, 0.717) is 17.8 Å². The van der Waals surface area contributed by atoms with Gasteiger partial charge in [0.25, 0.3) is 0 Å². The SMILES string of the molecule is Nc1ncccc1C(O)CC1CCCO1. The average Bonchev–Trinajstić information content (AvgIpc) is 2.71. The molecule has 0 aromatic carbocycles. The van der Waals surface area contributed by atoms with Crippen LogP contribution in [0.4, 0.5) is 5.82 Å². The van der Waals surface area contributed by atoms with E-state index in [0.717, 1.165) is 19.4 Å². The number of rotatable bonds is 3. The van der Waals surface area contributed by atoms with Gasteiger partial charge in [0.2, 0.25) is 0 Å². The summed E-state index contributed by atoms with van der Waals surface area (Å²) in [5, 5.41) is 9.96. The van der Waals surface area contributed by atoms with E-state index in [1.165, 1.54) is 0 Å². The highest BCUT2D eigenvalue weighted by Gasteiger charge is 2.21. The second-order valence-corrected chi connectivity index (χ2v) is 3.86. The van der Waals surface area contributed by atoms with Crippen LogP contribution < -0.4 is 5.73 Å². The number of hydrogen-bond acceptors (Lipinski definition) is 4. The summed E-state index contributed by atoms with van der Waals surface area (Å²) in [6.07, 6.45) is 3.94. The van der Waals surface area contributed by atoms with Gasteiger partial charge in [-0.3, -0.25) is 0 Å². The Kier molecular flexibility index (Phi) is 3.18. The number of hydrogen-bond donors (Lipinski definition) is 2. The molecule has 2 rings (SSSR count). The minimum Gasteiger partial charge on any atom is -0.388 e. The molecule has 0 aliphatic carbocycles. The van der Waals surface area contributed by atoms with Crippen LogP contribution >= 0.6 is 0 Å². The highest BCUT2D eigenvalue weighted by Crippen LogP contribution is 2.26. The van der Waals surface area contributed by atoms with E-state index in [1.54, 1.807) is 12.3 Å². The first-order chi connectivity index (χ1) is 7.27. The molecule has 2 atom stereocenters. The number of anilines is 1. The second kappa shape index (κ2) is 4.59. The summed E-state index contributed by atoms with van der Waals surface area (Å²) in [7, 11) is 0. The zero-order valence-corrected chi connectivity index (χ0v) is 8.60. The van der Waals surface area contributed by atoms with Gasteiger partial charge in [-0.05, 0) is 18.9 Å². The fraction of sp³-hybridized carbons (Fsp3) is 0.545. The van der Waals surface area contributed by atoms with E-state index in [9.17, 15) is 5.11 Å². The Morgan fingerprint density at radius 2 is 2.53 bits per heavy atom. The van der Waals surface area contributed by atoms with Crippen LogP contribution in [0.3, 0.4) is 0 Å². The van der Waals surface area contributed by atoms with Crippen molar-refractivity contribution >= 4 is 5.82 Å². The van der Waals surface area contributed by atoms with Gasteiger partial charge in [0.05, 0.1) is 12.2 Å². The van der Waals surface area contributed by atoms with Crippen LogP contribution in [0.1, 0.15) is 30.9 Å². The number of nitrogens with zero attached hydrogens (tertiary/aromatic N) is 1. The smallest absolute Gasteiger partial charge is 0.129 e. The standard InChI is InChI=1S/C11H16N2O2/c12-11-9(4-1-5-13-11)10(14)7-8-3-2-6-15-8/h1,4-5,8,10,14H,2-3,6-7H2,(H2,12,13). The number of aliphatic hydroxyl groups excluding tert-OH is 1. The van der Waals surface area contributed by atoms with Crippen LogP contribution in [0.5, 0.6) is 0 Å². The molecule has 0 amide bonds. The third-order valence-corrected chi connectivity index (χ3v) is 2.74. The summed E-state index contributed by atoms with van der Waals surface area (Å²) in [5.41, 5.74) is 6.39. The van der Waals surface area contributed by atoms with Gasteiger partial charge < -0.3 is 15.6 Å². The molecule has 1 aromatic heterocycles. The lowest BCUT2D eigenvalue weighted by molar-refractivity contribution is 0.0537. The lowest BCUT2D eigenvalue weighted by atomic mass is 10.0. The largest absolute Gasteiger partial charge is 0.388 e. The molecular formula is C11H16N2O2. The van der Waals surface area contributed by atoms with Crippen molar-refractivity contribution < 1.29 is 9.84 Å². The van der Waals surface area contributed by atoms with Crippen LogP contribution in [0.25, 0.3) is 0 Å². The molecule has 0 saturated carbocycles. The van der Waals surface area contributed by atoms with Gasteiger partial charge in [0.1, 0.15) is 5.82 Å². The maximum absolute atomic E-state index is 9.96. The van der Waals surface area contributed by atoms with Crippen LogP contribution in [-0.4, -0.2) is 22.8 Å². The summed E-state index contributed by atoms with van der Waals surface area (Å²) < 4.78 is 5.46. The molecule has 4 nitrogen and oxygen atoms in total. The molecule has 0 spiro atoms. The summed E-state index contributed by atoms with van der Waals surface area (Å²) in [6, 6.07) is 3.59. The van der Waals surface area contributed by atoms with Gasteiger partial charge in [0, 0.05) is 24.8 Å². The fourth-order valence-corrected chi connectivity index (χ4v) is 1.92. The first-order valence-corrected chi connectivity index (χ1v) is 5.27. The van der Waals surface area contributed by atoms with E-state index in [-0.39, 0.29) is 6.10 Å². The number of ether oxygens (including phenoxy) is 1. The van der Waals surface area contributed by atoms with Crippen molar-refractivity contribution in [1.82, 2.24) is 4.98 Å². The molecule has 1 aliphatic heterocycles. The minimum absolute atomic E-state index is 0.166. The summed E-state index contributed by atoms with van der Waals surface area (Å²) in [6.45, 7) is 0.805. The third kappa shape index (κ3) is 2.46. The minimum atomic E-state index is -0.568. The van der Waals surface area contributed by atoms with Gasteiger partial charge in [-0.25, -0.2) is 4.98 Å². The summed E-state index contributed by atoms with van der Waals surface area (Å²) >= 11 is 0. The molecule has 0 radical (unpaired) electrons. The summed E-state index contributed by atoms with van der Waals surface area (Å²) in [4.78, 5) is 3.95. The van der Waals surface area contributed by atoms with Crippen molar-refractivity contribution in [3.63, 3.8) is 0 Å². The Morgan fingerprint density at radius 1 is 1.67 bits per heavy atom. The molecule has 3 N–H and O–H groups in total. The average molecular weight is 208 g/mol. The molecule has 2 unspecified atom stereocenters.